The first-order valence-electron chi connectivity index (χ1n) is 8.83. The fraction of sp³-hybridized carbons (Fsp3) is 0.632. The lowest BCUT2D eigenvalue weighted by atomic mass is 9.90. The van der Waals surface area contributed by atoms with E-state index in [1.807, 2.05) is 6.07 Å². The SMILES string of the molecule is NC(=O)c1ccc2c(c1OCC1CCCCC1)CCCCC2. The van der Waals surface area contributed by atoms with Crippen molar-refractivity contribution >= 4 is 5.91 Å². The van der Waals surface area contributed by atoms with Gasteiger partial charge in [0.25, 0.3) is 5.91 Å². The summed E-state index contributed by atoms with van der Waals surface area (Å²) >= 11 is 0. The highest BCUT2D eigenvalue weighted by Crippen LogP contribution is 2.33. The molecule has 120 valence electrons. The molecule has 1 fully saturated rings. The Hall–Kier alpha value is -1.51. The molecule has 0 spiro atoms. The van der Waals surface area contributed by atoms with Crippen LogP contribution >= 0.6 is 0 Å². The summed E-state index contributed by atoms with van der Waals surface area (Å²) in [5, 5.41) is 0. The first kappa shape index (κ1) is 15.4. The molecule has 2 N–H and O–H groups in total. The molecule has 0 unspecified atom stereocenters. The van der Waals surface area contributed by atoms with Crippen molar-refractivity contribution in [3.63, 3.8) is 0 Å². The molecule has 0 bridgehead atoms. The third-order valence-electron chi connectivity index (χ3n) is 5.18. The van der Waals surface area contributed by atoms with Gasteiger partial charge in [-0.15, -0.1) is 0 Å². The van der Waals surface area contributed by atoms with E-state index in [0.717, 1.165) is 25.2 Å². The molecule has 3 rings (SSSR count). The minimum Gasteiger partial charge on any atom is -0.492 e. The van der Waals surface area contributed by atoms with Crippen LogP contribution in [0.1, 0.15) is 72.9 Å². The number of aryl methyl sites for hydroxylation is 1. The van der Waals surface area contributed by atoms with E-state index in [9.17, 15) is 4.79 Å². The molecule has 0 atom stereocenters. The molecule has 1 amide bonds. The topological polar surface area (TPSA) is 52.3 Å². The number of nitrogens with two attached hydrogens (primary N) is 1. The highest BCUT2D eigenvalue weighted by Gasteiger charge is 2.21. The van der Waals surface area contributed by atoms with E-state index in [1.165, 1.54) is 62.5 Å². The van der Waals surface area contributed by atoms with Crippen LogP contribution in [0.4, 0.5) is 0 Å². The maximum atomic E-state index is 11.8. The van der Waals surface area contributed by atoms with Gasteiger partial charge in [0.1, 0.15) is 5.75 Å². The highest BCUT2D eigenvalue weighted by atomic mass is 16.5. The van der Waals surface area contributed by atoms with E-state index in [1.54, 1.807) is 0 Å². The fourth-order valence-corrected chi connectivity index (χ4v) is 3.88. The van der Waals surface area contributed by atoms with E-state index < -0.39 is 0 Å². The van der Waals surface area contributed by atoms with Crippen molar-refractivity contribution in [3.05, 3.63) is 28.8 Å². The van der Waals surface area contributed by atoms with E-state index in [-0.39, 0.29) is 5.91 Å². The van der Waals surface area contributed by atoms with E-state index in [0.29, 0.717) is 11.5 Å². The monoisotopic (exact) mass is 301 g/mol. The second-order valence-electron chi connectivity index (χ2n) is 6.82. The Bertz CT molecular complexity index is 532. The second-order valence-corrected chi connectivity index (χ2v) is 6.82. The van der Waals surface area contributed by atoms with Crippen molar-refractivity contribution in [3.8, 4) is 5.75 Å². The predicted octanol–water partition coefficient (Wildman–Crippen LogP) is 4.01. The molecule has 1 aromatic rings. The van der Waals surface area contributed by atoms with Crippen LogP contribution in [0, 0.1) is 5.92 Å². The number of benzene rings is 1. The number of amides is 1. The zero-order valence-electron chi connectivity index (χ0n) is 13.4. The predicted molar refractivity (Wildman–Crippen MR) is 88.3 cm³/mol. The van der Waals surface area contributed by atoms with Crippen LogP contribution in [0.5, 0.6) is 5.75 Å². The average molecular weight is 301 g/mol. The molecule has 0 heterocycles. The number of hydrogen-bond acceptors (Lipinski definition) is 2. The number of fused-ring (bicyclic) bond motifs is 1. The van der Waals surface area contributed by atoms with Gasteiger partial charge in [-0.2, -0.15) is 0 Å². The molecule has 1 aromatic carbocycles. The number of carbonyl (C=O) groups excluding carboxylic acids is 1. The largest absolute Gasteiger partial charge is 0.492 e. The quantitative estimate of drug-likeness (QED) is 0.854. The Kier molecular flexibility index (Phi) is 5.01. The summed E-state index contributed by atoms with van der Waals surface area (Å²) in [5.74, 6) is 1.05. The Balaban J connectivity index is 1.84. The van der Waals surface area contributed by atoms with E-state index >= 15 is 0 Å². The summed E-state index contributed by atoms with van der Waals surface area (Å²) in [6.45, 7) is 0.733. The lowest BCUT2D eigenvalue weighted by Gasteiger charge is -2.24. The van der Waals surface area contributed by atoms with E-state index in [2.05, 4.69) is 6.07 Å². The van der Waals surface area contributed by atoms with Gasteiger partial charge in [0, 0.05) is 0 Å². The molecular weight excluding hydrogens is 274 g/mol. The molecule has 3 heteroatoms. The van der Waals surface area contributed by atoms with Gasteiger partial charge in [-0.05, 0) is 61.6 Å². The third kappa shape index (κ3) is 3.45. The minimum absolute atomic E-state index is 0.370. The van der Waals surface area contributed by atoms with Crippen LogP contribution in [0.15, 0.2) is 12.1 Å². The van der Waals surface area contributed by atoms with Crippen LogP contribution in [-0.4, -0.2) is 12.5 Å². The zero-order chi connectivity index (χ0) is 15.4. The molecule has 0 aliphatic heterocycles. The number of ether oxygens (including phenoxy) is 1. The number of rotatable bonds is 4. The molecule has 22 heavy (non-hydrogen) atoms. The van der Waals surface area contributed by atoms with Crippen molar-refractivity contribution in [2.24, 2.45) is 11.7 Å². The van der Waals surface area contributed by atoms with Crippen LogP contribution in [0.25, 0.3) is 0 Å². The van der Waals surface area contributed by atoms with Gasteiger partial charge >= 0.3 is 0 Å². The van der Waals surface area contributed by atoms with Crippen LogP contribution in [-0.2, 0) is 12.8 Å². The van der Waals surface area contributed by atoms with Crippen molar-refractivity contribution in [2.75, 3.05) is 6.61 Å². The van der Waals surface area contributed by atoms with Crippen molar-refractivity contribution in [1.82, 2.24) is 0 Å². The van der Waals surface area contributed by atoms with Crippen LogP contribution in [0.3, 0.4) is 0 Å². The van der Waals surface area contributed by atoms with Gasteiger partial charge < -0.3 is 10.5 Å². The average Bonchev–Trinajstić information content (AvgIpc) is 2.78. The number of primary amides is 1. The van der Waals surface area contributed by atoms with Gasteiger partial charge in [-0.1, -0.05) is 31.7 Å². The normalized spacial score (nSPS) is 19.3. The summed E-state index contributed by atoms with van der Waals surface area (Å²) in [6, 6.07) is 3.94. The fourth-order valence-electron chi connectivity index (χ4n) is 3.88. The summed E-state index contributed by atoms with van der Waals surface area (Å²) < 4.78 is 6.19. The maximum absolute atomic E-state index is 11.8. The van der Waals surface area contributed by atoms with Gasteiger partial charge in [-0.25, -0.2) is 0 Å². The minimum atomic E-state index is -0.370. The lowest BCUT2D eigenvalue weighted by Crippen LogP contribution is -2.19. The molecule has 2 aliphatic rings. The maximum Gasteiger partial charge on any atom is 0.252 e. The summed E-state index contributed by atoms with van der Waals surface area (Å²) in [4.78, 5) is 11.8. The summed E-state index contributed by atoms with van der Waals surface area (Å²) in [7, 11) is 0. The molecule has 1 saturated carbocycles. The third-order valence-corrected chi connectivity index (χ3v) is 5.18. The molecule has 0 radical (unpaired) electrons. The Morgan fingerprint density at radius 1 is 1.05 bits per heavy atom. The smallest absolute Gasteiger partial charge is 0.252 e. The molecule has 2 aliphatic carbocycles. The molecular formula is C19H27NO2. The first-order chi connectivity index (χ1) is 10.8. The van der Waals surface area contributed by atoms with Gasteiger partial charge in [-0.3, -0.25) is 4.79 Å². The number of hydrogen-bond donors (Lipinski definition) is 1. The van der Waals surface area contributed by atoms with Crippen molar-refractivity contribution in [1.29, 1.82) is 0 Å². The van der Waals surface area contributed by atoms with Gasteiger partial charge in [0.15, 0.2) is 0 Å². The summed E-state index contributed by atoms with van der Waals surface area (Å²) in [5.41, 5.74) is 8.73. The first-order valence-corrected chi connectivity index (χ1v) is 8.83. The lowest BCUT2D eigenvalue weighted by molar-refractivity contribution is 0.0994. The van der Waals surface area contributed by atoms with Gasteiger partial charge in [0.05, 0.1) is 12.2 Å². The molecule has 3 nitrogen and oxygen atoms in total. The van der Waals surface area contributed by atoms with Crippen LogP contribution < -0.4 is 10.5 Å². The van der Waals surface area contributed by atoms with Crippen molar-refractivity contribution < 1.29 is 9.53 Å². The second kappa shape index (κ2) is 7.17. The molecule has 0 saturated heterocycles. The Morgan fingerprint density at radius 2 is 1.77 bits per heavy atom. The van der Waals surface area contributed by atoms with E-state index in [4.69, 9.17) is 10.5 Å². The van der Waals surface area contributed by atoms with Gasteiger partial charge in [0.2, 0.25) is 0 Å². The Morgan fingerprint density at radius 3 is 2.55 bits per heavy atom. The Labute approximate surface area is 133 Å². The summed E-state index contributed by atoms with van der Waals surface area (Å²) in [6.07, 6.45) is 12.2. The highest BCUT2D eigenvalue weighted by molar-refractivity contribution is 5.96. The molecule has 0 aromatic heterocycles. The number of carbonyl (C=O) groups is 1. The zero-order valence-corrected chi connectivity index (χ0v) is 13.4. The van der Waals surface area contributed by atoms with Crippen LogP contribution in [0.2, 0.25) is 0 Å². The van der Waals surface area contributed by atoms with Crippen molar-refractivity contribution in [2.45, 2.75) is 64.2 Å². The standard InChI is InChI=1S/C19H27NO2/c20-19(21)17-12-11-15-9-5-2-6-10-16(15)18(17)22-13-14-7-3-1-4-8-14/h11-12,14H,1-10,13H2,(H2,20,21).